The molecule has 3 aromatic rings. The summed E-state index contributed by atoms with van der Waals surface area (Å²) in [4.78, 5) is 24.9. The second kappa shape index (κ2) is 9.66. The summed E-state index contributed by atoms with van der Waals surface area (Å²) in [6.07, 6.45) is 0. The van der Waals surface area contributed by atoms with Crippen molar-refractivity contribution in [1.29, 1.82) is 0 Å². The van der Waals surface area contributed by atoms with E-state index in [2.05, 4.69) is 15.4 Å². The molecule has 160 valence electrons. The molecule has 0 saturated carbocycles. The number of alkyl halides is 2. The number of anilines is 2. The van der Waals surface area contributed by atoms with Crippen molar-refractivity contribution in [3.8, 4) is 11.5 Å². The number of hydrogen-bond acceptors (Lipinski definition) is 4. The van der Waals surface area contributed by atoms with Gasteiger partial charge in [0.2, 0.25) is 0 Å². The van der Waals surface area contributed by atoms with E-state index >= 15 is 0 Å². The Bertz CT molecular complexity index is 1110. The van der Waals surface area contributed by atoms with E-state index in [4.69, 9.17) is 4.74 Å². The smallest absolute Gasteiger partial charge is 0.387 e. The van der Waals surface area contributed by atoms with Gasteiger partial charge in [-0.1, -0.05) is 12.1 Å². The fourth-order valence-electron chi connectivity index (χ4n) is 2.71. The molecule has 0 radical (unpaired) electrons. The maximum absolute atomic E-state index is 13.3. The Balaban J connectivity index is 1.73. The molecule has 0 bridgehead atoms. The van der Waals surface area contributed by atoms with Gasteiger partial charge in [-0.05, 0) is 54.6 Å². The molecule has 0 heterocycles. The molecule has 0 aliphatic heterocycles. The third-order valence-electron chi connectivity index (χ3n) is 4.11. The van der Waals surface area contributed by atoms with E-state index in [1.54, 1.807) is 18.2 Å². The zero-order valence-corrected chi connectivity index (χ0v) is 16.2. The van der Waals surface area contributed by atoms with E-state index in [9.17, 15) is 22.8 Å². The lowest BCUT2D eigenvalue weighted by Crippen LogP contribution is -2.15. The van der Waals surface area contributed by atoms with Crippen LogP contribution in [0.5, 0.6) is 11.5 Å². The second-order valence-electron chi connectivity index (χ2n) is 6.24. The van der Waals surface area contributed by atoms with E-state index in [-0.39, 0.29) is 28.3 Å². The third kappa shape index (κ3) is 5.75. The number of methoxy groups -OCH3 is 1. The zero-order chi connectivity index (χ0) is 22.4. The molecule has 6 nitrogen and oxygen atoms in total. The van der Waals surface area contributed by atoms with Crippen LogP contribution in [0.3, 0.4) is 0 Å². The summed E-state index contributed by atoms with van der Waals surface area (Å²) in [6.45, 7) is -3.03. The van der Waals surface area contributed by atoms with Crippen molar-refractivity contribution in [2.75, 3.05) is 17.7 Å². The summed E-state index contributed by atoms with van der Waals surface area (Å²) in [5, 5.41) is 5.18. The number of halogens is 3. The van der Waals surface area contributed by atoms with Gasteiger partial charge in [0.15, 0.2) is 11.5 Å². The maximum atomic E-state index is 13.3. The zero-order valence-electron chi connectivity index (χ0n) is 16.2. The van der Waals surface area contributed by atoms with Crippen LogP contribution in [-0.2, 0) is 0 Å². The summed E-state index contributed by atoms with van der Waals surface area (Å²) in [5.41, 5.74) is 0.981. The average molecular weight is 430 g/mol. The Morgan fingerprint density at radius 3 is 2.03 bits per heavy atom. The normalized spacial score (nSPS) is 10.5. The fourth-order valence-corrected chi connectivity index (χ4v) is 2.71. The highest BCUT2D eigenvalue weighted by molar-refractivity contribution is 6.07. The standard InChI is InChI=1S/C22H17F3N2O4/c1-30-19-11-14(8-9-18(19)31-22(24)25)21(29)26-16-6-2-4-13(10-16)20(28)27-17-7-3-5-15(23)12-17/h2-12,22H,1H3,(H,26,29)(H,27,28). The number of nitrogens with one attached hydrogen (secondary N) is 2. The summed E-state index contributed by atoms with van der Waals surface area (Å²) in [5.74, 6) is -1.76. The van der Waals surface area contributed by atoms with E-state index in [0.29, 0.717) is 5.69 Å². The highest BCUT2D eigenvalue weighted by atomic mass is 19.3. The van der Waals surface area contributed by atoms with Crippen LogP contribution in [-0.4, -0.2) is 25.5 Å². The van der Waals surface area contributed by atoms with Crippen LogP contribution in [0.25, 0.3) is 0 Å². The highest BCUT2D eigenvalue weighted by Crippen LogP contribution is 2.29. The van der Waals surface area contributed by atoms with Gasteiger partial charge in [-0.15, -0.1) is 0 Å². The molecule has 2 amide bonds. The van der Waals surface area contributed by atoms with Gasteiger partial charge >= 0.3 is 6.61 Å². The molecule has 0 aliphatic rings. The second-order valence-corrected chi connectivity index (χ2v) is 6.24. The molecule has 9 heteroatoms. The number of benzene rings is 3. The number of carbonyl (C=O) groups is 2. The first-order valence-corrected chi connectivity index (χ1v) is 8.97. The third-order valence-corrected chi connectivity index (χ3v) is 4.11. The maximum Gasteiger partial charge on any atom is 0.387 e. The van der Waals surface area contributed by atoms with Crippen molar-refractivity contribution in [3.05, 3.63) is 83.7 Å². The van der Waals surface area contributed by atoms with Crippen LogP contribution in [0.4, 0.5) is 24.5 Å². The first kappa shape index (κ1) is 21.7. The minimum Gasteiger partial charge on any atom is -0.493 e. The van der Waals surface area contributed by atoms with Gasteiger partial charge < -0.3 is 20.1 Å². The Morgan fingerprint density at radius 1 is 0.806 bits per heavy atom. The van der Waals surface area contributed by atoms with Gasteiger partial charge in [0.25, 0.3) is 11.8 Å². The Kier molecular flexibility index (Phi) is 6.76. The molecule has 0 fully saturated rings. The minimum absolute atomic E-state index is 0.0313. The molecule has 2 N–H and O–H groups in total. The molecular formula is C22H17F3N2O4. The van der Waals surface area contributed by atoms with Crippen LogP contribution in [0, 0.1) is 5.82 Å². The average Bonchev–Trinajstić information content (AvgIpc) is 2.73. The van der Waals surface area contributed by atoms with Gasteiger partial charge in [0.05, 0.1) is 7.11 Å². The number of hydrogen-bond donors (Lipinski definition) is 2. The van der Waals surface area contributed by atoms with E-state index < -0.39 is 24.2 Å². The van der Waals surface area contributed by atoms with Crippen molar-refractivity contribution in [2.24, 2.45) is 0 Å². The van der Waals surface area contributed by atoms with Crippen molar-refractivity contribution in [1.82, 2.24) is 0 Å². The molecule has 0 aromatic heterocycles. The van der Waals surface area contributed by atoms with Crippen LogP contribution in [0.1, 0.15) is 20.7 Å². The summed E-state index contributed by atoms with van der Waals surface area (Å²) >= 11 is 0. The molecule has 0 unspecified atom stereocenters. The van der Waals surface area contributed by atoms with E-state index in [1.807, 2.05) is 0 Å². The first-order chi connectivity index (χ1) is 14.9. The van der Waals surface area contributed by atoms with Crippen LogP contribution in [0.15, 0.2) is 66.7 Å². The van der Waals surface area contributed by atoms with Crippen molar-refractivity contribution in [2.45, 2.75) is 6.61 Å². The number of carbonyl (C=O) groups excluding carboxylic acids is 2. The quantitative estimate of drug-likeness (QED) is 0.557. The lowest BCUT2D eigenvalue weighted by molar-refractivity contribution is -0.0512. The van der Waals surface area contributed by atoms with Crippen molar-refractivity contribution >= 4 is 23.2 Å². The lowest BCUT2D eigenvalue weighted by Gasteiger charge is -2.12. The topological polar surface area (TPSA) is 76.7 Å². The molecule has 0 spiro atoms. The SMILES string of the molecule is COc1cc(C(=O)Nc2cccc(C(=O)Nc3cccc(F)c3)c2)ccc1OC(F)F. The summed E-state index contributed by atoms with van der Waals surface area (Å²) in [7, 11) is 1.26. The highest BCUT2D eigenvalue weighted by Gasteiger charge is 2.15. The monoisotopic (exact) mass is 430 g/mol. The predicted molar refractivity (Wildman–Crippen MR) is 108 cm³/mol. The first-order valence-electron chi connectivity index (χ1n) is 8.97. The number of amides is 2. The molecule has 31 heavy (non-hydrogen) atoms. The predicted octanol–water partition coefficient (Wildman–Crippen LogP) is 4.94. The van der Waals surface area contributed by atoms with Crippen LogP contribution >= 0.6 is 0 Å². The fraction of sp³-hybridized carbons (Fsp3) is 0.0909. The molecular weight excluding hydrogens is 413 g/mol. The number of ether oxygens (including phenoxy) is 2. The number of rotatable bonds is 7. The van der Waals surface area contributed by atoms with Gasteiger partial charge in [0, 0.05) is 22.5 Å². The molecule has 3 rings (SSSR count). The largest absolute Gasteiger partial charge is 0.493 e. The van der Waals surface area contributed by atoms with Crippen LogP contribution in [0.2, 0.25) is 0 Å². The van der Waals surface area contributed by atoms with Crippen molar-refractivity contribution < 1.29 is 32.2 Å². The summed E-state index contributed by atoms with van der Waals surface area (Å²) < 4.78 is 47.5. The lowest BCUT2D eigenvalue weighted by atomic mass is 10.1. The molecule has 0 saturated heterocycles. The summed E-state index contributed by atoms with van der Waals surface area (Å²) in [6, 6.07) is 15.3. The van der Waals surface area contributed by atoms with Gasteiger partial charge in [-0.3, -0.25) is 9.59 Å². The molecule has 3 aromatic carbocycles. The minimum atomic E-state index is -3.03. The Morgan fingerprint density at radius 2 is 1.42 bits per heavy atom. The van der Waals surface area contributed by atoms with E-state index in [1.165, 1.54) is 55.6 Å². The van der Waals surface area contributed by atoms with E-state index in [0.717, 1.165) is 0 Å². The molecule has 0 aliphatic carbocycles. The Labute approximate surface area is 175 Å². The Hall–Kier alpha value is -4.01. The van der Waals surface area contributed by atoms with Crippen molar-refractivity contribution in [3.63, 3.8) is 0 Å². The molecule has 0 atom stereocenters. The van der Waals surface area contributed by atoms with Gasteiger partial charge in [0.1, 0.15) is 5.82 Å². The van der Waals surface area contributed by atoms with Gasteiger partial charge in [-0.2, -0.15) is 8.78 Å². The van der Waals surface area contributed by atoms with Crippen LogP contribution < -0.4 is 20.1 Å². The van der Waals surface area contributed by atoms with Gasteiger partial charge in [-0.25, -0.2) is 4.39 Å².